The lowest BCUT2D eigenvalue weighted by molar-refractivity contribution is -0.0753. The number of nitrogens with zero attached hydrogens (tertiary/aromatic N) is 3. The van der Waals surface area contributed by atoms with E-state index in [0.29, 0.717) is 12.5 Å². The minimum absolute atomic E-state index is 0.00756. The molecule has 1 aromatic rings. The summed E-state index contributed by atoms with van der Waals surface area (Å²) in [5, 5.41) is 4.21. The summed E-state index contributed by atoms with van der Waals surface area (Å²) in [4.78, 5) is 4.13. The van der Waals surface area contributed by atoms with Gasteiger partial charge in [-0.3, -0.25) is 0 Å². The lowest BCUT2D eigenvalue weighted by Gasteiger charge is -2.35. The van der Waals surface area contributed by atoms with Gasteiger partial charge in [-0.05, 0) is 32.6 Å². The molecule has 1 unspecified atom stereocenters. The zero-order valence-electron chi connectivity index (χ0n) is 10.0. The highest BCUT2D eigenvalue weighted by atomic mass is 16.5. The van der Waals surface area contributed by atoms with Crippen LogP contribution in [0.3, 0.4) is 0 Å². The van der Waals surface area contributed by atoms with Crippen molar-refractivity contribution >= 4 is 0 Å². The van der Waals surface area contributed by atoms with E-state index < -0.39 is 0 Å². The molecule has 1 aliphatic rings. The summed E-state index contributed by atoms with van der Waals surface area (Å²) >= 11 is 0. The third kappa shape index (κ3) is 2.59. The van der Waals surface area contributed by atoms with E-state index in [0.717, 1.165) is 31.8 Å². The van der Waals surface area contributed by atoms with E-state index in [4.69, 9.17) is 10.5 Å². The van der Waals surface area contributed by atoms with Crippen LogP contribution >= 0.6 is 0 Å². The number of nitrogens with two attached hydrogens (primary N) is 1. The van der Waals surface area contributed by atoms with Crippen molar-refractivity contribution in [3.05, 3.63) is 12.2 Å². The van der Waals surface area contributed by atoms with Crippen molar-refractivity contribution in [3.63, 3.8) is 0 Å². The van der Waals surface area contributed by atoms with Crippen LogP contribution in [0.2, 0.25) is 0 Å². The Morgan fingerprint density at radius 3 is 3.12 bits per heavy atom. The Morgan fingerprint density at radius 1 is 1.62 bits per heavy atom. The molecular formula is C11H20N4O. The van der Waals surface area contributed by atoms with Gasteiger partial charge < -0.3 is 10.5 Å². The van der Waals surface area contributed by atoms with Crippen molar-refractivity contribution in [2.75, 3.05) is 6.61 Å². The molecule has 2 heterocycles. The molecule has 0 spiro atoms. The van der Waals surface area contributed by atoms with E-state index in [-0.39, 0.29) is 5.60 Å². The maximum Gasteiger partial charge on any atom is 0.140 e. The number of ether oxygens (including phenoxy) is 1. The summed E-state index contributed by atoms with van der Waals surface area (Å²) in [5.41, 5.74) is 5.60. The van der Waals surface area contributed by atoms with Crippen LogP contribution in [0.5, 0.6) is 0 Å². The average Bonchev–Trinajstić information content (AvgIpc) is 2.63. The first kappa shape index (κ1) is 11.5. The van der Waals surface area contributed by atoms with Gasteiger partial charge in [0.1, 0.15) is 12.2 Å². The van der Waals surface area contributed by atoms with Gasteiger partial charge in [-0.1, -0.05) is 0 Å². The summed E-state index contributed by atoms with van der Waals surface area (Å²) in [7, 11) is 0. The second kappa shape index (κ2) is 4.51. The summed E-state index contributed by atoms with van der Waals surface area (Å²) in [5.74, 6) is 1.47. The molecular weight excluding hydrogens is 204 g/mol. The zero-order chi connectivity index (χ0) is 11.6. The maximum absolute atomic E-state index is 5.70. The number of rotatable bonds is 3. The Kier molecular flexibility index (Phi) is 3.25. The van der Waals surface area contributed by atoms with Crippen molar-refractivity contribution in [1.29, 1.82) is 0 Å². The Labute approximate surface area is 96.0 Å². The van der Waals surface area contributed by atoms with Gasteiger partial charge in [-0.25, -0.2) is 9.67 Å². The summed E-state index contributed by atoms with van der Waals surface area (Å²) in [6, 6.07) is 0. The summed E-state index contributed by atoms with van der Waals surface area (Å²) in [6.45, 7) is 6.48. The van der Waals surface area contributed by atoms with Crippen LogP contribution in [0, 0.1) is 5.92 Å². The van der Waals surface area contributed by atoms with Gasteiger partial charge >= 0.3 is 0 Å². The molecule has 0 bridgehead atoms. The van der Waals surface area contributed by atoms with E-state index >= 15 is 0 Å². The summed E-state index contributed by atoms with van der Waals surface area (Å²) < 4.78 is 7.62. The number of hydrogen-bond donors (Lipinski definition) is 1. The third-order valence-electron chi connectivity index (χ3n) is 3.11. The first-order valence-corrected chi connectivity index (χ1v) is 5.81. The first-order chi connectivity index (χ1) is 7.61. The molecule has 1 aliphatic heterocycles. The molecule has 90 valence electrons. The van der Waals surface area contributed by atoms with Gasteiger partial charge in [0.2, 0.25) is 0 Å². The van der Waals surface area contributed by atoms with Crippen molar-refractivity contribution in [2.45, 2.75) is 45.4 Å². The lowest BCUT2D eigenvalue weighted by atomic mass is 9.88. The molecule has 2 rings (SSSR count). The Hall–Kier alpha value is -0.940. The molecule has 0 aliphatic carbocycles. The van der Waals surface area contributed by atoms with Crippen molar-refractivity contribution in [2.24, 2.45) is 11.7 Å². The molecule has 0 amide bonds. The highest BCUT2D eigenvalue weighted by molar-refractivity contribution is 4.85. The van der Waals surface area contributed by atoms with Crippen molar-refractivity contribution < 1.29 is 4.74 Å². The molecule has 0 saturated carbocycles. The van der Waals surface area contributed by atoms with Crippen LogP contribution in [0.1, 0.15) is 32.5 Å². The van der Waals surface area contributed by atoms with E-state index in [2.05, 4.69) is 23.9 Å². The van der Waals surface area contributed by atoms with Crippen LogP contribution < -0.4 is 5.73 Å². The Morgan fingerprint density at radius 2 is 2.44 bits per heavy atom. The zero-order valence-corrected chi connectivity index (χ0v) is 10.0. The molecule has 0 aromatic carbocycles. The molecule has 1 aromatic heterocycles. The first-order valence-electron chi connectivity index (χ1n) is 5.81. The molecule has 5 heteroatoms. The standard InChI is InChI=1S/C11H20N4O/c1-11(2)5-9(3-4-16-11)7-15-10(6-12)13-8-14-15/h8-9H,3-7,12H2,1-2H3. The van der Waals surface area contributed by atoms with Crippen LogP contribution in [-0.2, 0) is 17.8 Å². The van der Waals surface area contributed by atoms with Crippen LogP contribution in [0.25, 0.3) is 0 Å². The average molecular weight is 224 g/mol. The van der Waals surface area contributed by atoms with E-state index in [1.165, 1.54) is 0 Å². The van der Waals surface area contributed by atoms with E-state index in [9.17, 15) is 0 Å². The van der Waals surface area contributed by atoms with Crippen LogP contribution in [-0.4, -0.2) is 27.0 Å². The van der Waals surface area contributed by atoms with Crippen LogP contribution in [0.15, 0.2) is 6.33 Å². The molecule has 16 heavy (non-hydrogen) atoms. The Bertz CT molecular complexity index is 348. The van der Waals surface area contributed by atoms with Gasteiger partial charge in [0, 0.05) is 13.2 Å². The predicted octanol–water partition coefficient (Wildman–Crippen LogP) is 0.942. The fourth-order valence-electron chi connectivity index (χ4n) is 2.36. The molecule has 0 radical (unpaired) electrons. The second-order valence-electron chi connectivity index (χ2n) is 5.03. The molecule has 5 nitrogen and oxygen atoms in total. The van der Waals surface area contributed by atoms with Crippen molar-refractivity contribution in [1.82, 2.24) is 14.8 Å². The van der Waals surface area contributed by atoms with E-state index in [1.807, 2.05) is 4.68 Å². The predicted molar refractivity (Wildman–Crippen MR) is 60.7 cm³/mol. The SMILES string of the molecule is CC1(C)CC(Cn2ncnc2CN)CCO1. The smallest absolute Gasteiger partial charge is 0.140 e. The quantitative estimate of drug-likeness (QED) is 0.830. The van der Waals surface area contributed by atoms with Gasteiger partial charge in [0.15, 0.2) is 0 Å². The Balaban J connectivity index is 1.99. The fourth-order valence-corrected chi connectivity index (χ4v) is 2.36. The van der Waals surface area contributed by atoms with Gasteiger partial charge in [-0.15, -0.1) is 0 Å². The maximum atomic E-state index is 5.70. The second-order valence-corrected chi connectivity index (χ2v) is 5.03. The minimum Gasteiger partial charge on any atom is -0.376 e. The molecule has 1 saturated heterocycles. The van der Waals surface area contributed by atoms with Crippen molar-refractivity contribution in [3.8, 4) is 0 Å². The monoisotopic (exact) mass is 224 g/mol. The largest absolute Gasteiger partial charge is 0.376 e. The molecule has 2 N–H and O–H groups in total. The highest BCUT2D eigenvalue weighted by Gasteiger charge is 2.29. The van der Waals surface area contributed by atoms with Gasteiger partial charge in [-0.2, -0.15) is 5.10 Å². The highest BCUT2D eigenvalue weighted by Crippen LogP contribution is 2.29. The molecule has 1 fully saturated rings. The van der Waals surface area contributed by atoms with Gasteiger partial charge in [0.25, 0.3) is 0 Å². The number of hydrogen-bond acceptors (Lipinski definition) is 4. The topological polar surface area (TPSA) is 66.0 Å². The van der Waals surface area contributed by atoms with Gasteiger partial charge in [0.05, 0.1) is 12.1 Å². The number of aromatic nitrogens is 3. The lowest BCUT2D eigenvalue weighted by Crippen LogP contribution is -2.35. The molecule has 1 atom stereocenters. The van der Waals surface area contributed by atoms with E-state index in [1.54, 1.807) is 6.33 Å². The van der Waals surface area contributed by atoms with Crippen LogP contribution in [0.4, 0.5) is 0 Å². The third-order valence-corrected chi connectivity index (χ3v) is 3.11. The normalized spacial score (nSPS) is 24.6. The minimum atomic E-state index is -0.00756. The fraction of sp³-hybridized carbons (Fsp3) is 0.818. The summed E-state index contributed by atoms with van der Waals surface area (Å²) in [6.07, 6.45) is 3.73.